The molecule has 122 valence electrons. The molecule has 1 aliphatic rings. The van der Waals surface area contributed by atoms with Crippen molar-refractivity contribution in [2.24, 2.45) is 0 Å². The van der Waals surface area contributed by atoms with Gasteiger partial charge in [-0.2, -0.15) is 0 Å². The predicted octanol–water partition coefficient (Wildman–Crippen LogP) is 2.86. The van der Waals surface area contributed by atoms with Crippen molar-refractivity contribution >= 4 is 5.91 Å². The number of hydrogen-bond acceptors (Lipinski definition) is 4. The maximum Gasteiger partial charge on any atom is 0.220 e. The largest absolute Gasteiger partial charge is 0.496 e. The van der Waals surface area contributed by atoms with Crippen molar-refractivity contribution in [3.8, 4) is 11.5 Å². The quantitative estimate of drug-likeness (QED) is 0.890. The highest BCUT2D eigenvalue weighted by Gasteiger charge is 2.21. The zero-order valence-electron chi connectivity index (χ0n) is 13.4. The number of fused-ring (bicyclic) bond motifs is 1. The predicted molar refractivity (Wildman–Crippen MR) is 85.7 cm³/mol. The second-order valence-electron chi connectivity index (χ2n) is 5.76. The van der Waals surface area contributed by atoms with Crippen LogP contribution < -0.4 is 14.8 Å². The third-order valence-corrected chi connectivity index (χ3v) is 3.95. The Morgan fingerprint density at radius 1 is 1.43 bits per heavy atom. The van der Waals surface area contributed by atoms with Crippen molar-refractivity contribution in [3.05, 3.63) is 47.4 Å². The molecule has 0 radical (unpaired) electrons. The van der Waals surface area contributed by atoms with E-state index in [1.807, 2.05) is 31.2 Å². The number of furan rings is 1. The maximum atomic E-state index is 12.0. The van der Waals surface area contributed by atoms with Gasteiger partial charge in [0.1, 0.15) is 23.4 Å². The SMILES string of the molecule is COc1cc2c(cc1CNC(=O)CCc1ccco1)O[C@H](C)C2. The maximum absolute atomic E-state index is 12.0. The van der Waals surface area contributed by atoms with Crippen LogP contribution >= 0.6 is 0 Å². The first-order valence-electron chi connectivity index (χ1n) is 7.81. The lowest BCUT2D eigenvalue weighted by atomic mass is 10.1. The minimum absolute atomic E-state index is 0.0155. The van der Waals surface area contributed by atoms with Crippen LogP contribution in [-0.4, -0.2) is 19.1 Å². The first kappa shape index (κ1) is 15.5. The van der Waals surface area contributed by atoms with E-state index in [0.29, 0.717) is 19.4 Å². The topological polar surface area (TPSA) is 60.7 Å². The van der Waals surface area contributed by atoms with Crippen LogP contribution in [0.4, 0.5) is 0 Å². The molecule has 1 N–H and O–H groups in total. The molecule has 1 atom stereocenters. The Balaban J connectivity index is 1.59. The van der Waals surface area contributed by atoms with Gasteiger partial charge in [-0.25, -0.2) is 0 Å². The highest BCUT2D eigenvalue weighted by molar-refractivity contribution is 5.76. The summed E-state index contributed by atoms with van der Waals surface area (Å²) in [4.78, 5) is 12.0. The summed E-state index contributed by atoms with van der Waals surface area (Å²) >= 11 is 0. The van der Waals surface area contributed by atoms with Gasteiger partial charge < -0.3 is 19.2 Å². The highest BCUT2D eigenvalue weighted by atomic mass is 16.5. The molecule has 0 saturated carbocycles. The van der Waals surface area contributed by atoms with E-state index in [1.54, 1.807) is 13.4 Å². The molecule has 2 heterocycles. The van der Waals surface area contributed by atoms with Gasteiger partial charge in [-0.05, 0) is 31.2 Å². The lowest BCUT2D eigenvalue weighted by Gasteiger charge is -2.12. The molecule has 0 fully saturated rings. The number of nitrogens with one attached hydrogen (secondary N) is 1. The van der Waals surface area contributed by atoms with Crippen LogP contribution in [0.25, 0.3) is 0 Å². The number of carbonyl (C=O) groups is 1. The van der Waals surface area contributed by atoms with E-state index in [1.165, 1.54) is 0 Å². The van der Waals surface area contributed by atoms with E-state index in [-0.39, 0.29) is 12.0 Å². The Labute approximate surface area is 135 Å². The summed E-state index contributed by atoms with van der Waals surface area (Å²) in [5.74, 6) is 2.47. The van der Waals surface area contributed by atoms with E-state index < -0.39 is 0 Å². The molecular weight excluding hydrogens is 294 g/mol. The molecule has 0 spiro atoms. The Kier molecular flexibility index (Phi) is 4.55. The molecule has 1 aromatic carbocycles. The average Bonchev–Trinajstić information content (AvgIpc) is 3.17. The van der Waals surface area contributed by atoms with Crippen LogP contribution in [0.5, 0.6) is 11.5 Å². The average molecular weight is 315 g/mol. The number of hydrogen-bond donors (Lipinski definition) is 1. The molecule has 0 aliphatic carbocycles. The van der Waals surface area contributed by atoms with Crippen molar-refractivity contribution < 1.29 is 18.7 Å². The minimum Gasteiger partial charge on any atom is -0.496 e. The van der Waals surface area contributed by atoms with Crippen LogP contribution in [0.2, 0.25) is 0 Å². The van der Waals surface area contributed by atoms with Gasteiger partial charge >= 0.3 is 0 Å². The number of benzene rings is 1. The Hall–Kier alpha value is -2.43. The fourth-order valence-corrected chi connectivity index (χ4v) is 2.78. The zero-order chi connectivity index (χ0) is 16.2. The fourth-order valence-electron chi connectivity index (χ4n) is 2.78. The molecule has 0 saturated heterocycles. The summed E-state index contributed by atoms with van der Waals surface area (Å²) < 4.78 is 16.4. The van der Waals surface area contributed by atoms with Gasteiger partial charge in [0.05, 0.1) is 13.4 Å². The van der Waals surface area contributed by atoms with Crippen molar-refractivity contribution in [1.29, 1.82) is 0 Å². The lowest BCUT2D eigenvalue weighted by molar-refractivity contribution is -0.121. The summed E-state index contributed by atoms with van der Waals surface area (Å²) in [6.07, 6.45) is 3.69. The van der Waals surface area contributed by atoms with Gasteiger partial charge in [-0.3, -0.25) is 4.79 Å². The number of rotatable bonds is 6. The van der Waals surface area contributed by atoms with E-state index in [4.69, 9.17) is 13.9 Å². The number of aryl methyl sites for hydroxylation is 1. The molecular formula is C18H21NO4. The Morgan fingerprint density at radius 3 is 3.04 bits per heavy atom. The van der Waals surface area contributed by atoms with E-state index >= 15 is 0 Å². The van der Waals surface area contributed by atoms with Crippen molar-refractivity contribution in [2.45, 2.75) is 38.8 Å². The number of amides is 1. The summed E-state index contributed by atoms with van der Waals surface area (Å²) in [6, 6.07) is 7.66. The molecule has 1 aliphatic heterocycles. The Bertz CT molecular complexity index is 679. The molecule has 1 aromatic heterocycles. The lowest BCUT2D eigenvalue weighted by Crippen LogP contribution is -2.23. The summed E-state index contributed by atoms with van der Waals surface area (Å²) in [7, 11) is 1.64. The van der Waals surface area contributed by atoms with Crippen LogP contribution in [0.3, 0.4) is 0 Å². The standard InChI is InChI=1S/C18H21NO4/c1-12-8-13-9-16(21-2)14(10-17(13)23-12)11-19-18(20)6-5-15-4-3-7-22-15/h3-4,7,9-10,12H,5-6,8,11H2,1-2H3,(H,19,20)/t12-/m1/s1. The van der Waals surface area contributed by atoms with Gasteiger partial charge in [0.25, 0.3) is 0 Å². The molecule has 23 heavy (non-hydrogen) atoms. The Morgan fingerprint density at radius 2 is 2.30 bits per heavy atom. The molecule has 0 bridgehead atoms. The monoisotopic (exact) mass is 315 g/mol. The van der Waals surface area contributed by atoms with E-state index in [2.05, 4.69) is 5.32 Å². The molecule has 1 amide bonds. The fraction of sp³-hybridized carbons (Fsp3) is 0.389. The smallest absolute Gasteiger partial charge is 0.220 e. The molecule has 2 aromatic rings. The van der Waals surface area contributed by atoms with Crippen LogP contribution in [-0.2, 0) is 24.2 Å². The third kappa shape index (κ3) is 3.67. The highest BCUT2D eigenvalue weighted by Crippen LogP contribution is 2.34. The third-order valence-electron chi connectivity index (χ3n) is 3.95. The summed E-state index contributed by atoms with van der Waals surface area (Å²) in [5.41, 5.74) is 2.08. The number of ether oxygens (including phenoxy) is 2. The minimum atomic E-state index is -0.0155. The van der Waals surface area contributed by atoms with Crippen LogP contribution in [0.1, 0.15) is 30.2 Å². The van der Waals surface area contributed by atoms with Crippen LogP contribution in [0.15, 0.2) is 34.9 Å². The second-order valence-corrected chi connectivity index (χ2v) is 5.76. The van der Waals surface area contributed by atoms with Crippen molar-refractivity contribution in [2.75, 3.05) is 7.11 Å². The number of methoxy groups -OCH3 is 1. The van der Waals surface area contributed by atoms with E-state index in [0.717, 1.165) is 34.8 Å². The summed E-state index contributed by atoms with van der Waals surface area (Å²) in [6.45, 7) is 2.47. The van der Waals surface area contributed by atoms with Gasteiger partial charge in [-0.1, -0.05) is 0 Å². The van der Waals surface area contributed by atoms with Gasteiger partial charge in [0, 0.05) is 36.9 Å². The van der Waals surface area contributed by atoms with Gasteiger partial charge in [0.15, 0.2) is 0 Å². The van der Waals surface area contributed by atoms with Gasteiger partial charge in [0.2, 0.25) is 5.91 Å². The molecule has 0 unspecified atom stereocenters. The first-order valence-corrected chi connectivity index (χ1v) is 7.81. The van der Waals surface area contributed by atoms with Crippen molar-refractivity contribution in [3.63, 3.8) is 0 Å². The van der Waals surface area contributed by atoms with Crippen molar-refractivity contribution in [1.82, 2.24) is 5.32 Å². The van der Waals surface area contributed by atoms with E-state index in [9.17, 15) is 4.79 Å². The molecule has 5 nitrogen and oxygen atoms in total. The summed E-state index contributed by atoms with van der Waals surface area (Å²) in [5, 5.41) is 2.92. The first-order chi connectivity index (χ1) is 11.2. The zero-order valence-corrected chi connectivity index (χ0v) is 13.4. The molecule has 3 rings (SSSR count). The second kappa shape index (κ2) is 6.77. The normalized spacial score (nSPS) is 15.8. The number of carbonyl (C=O) groups excluding carboxylic acids is 1. The van der Waals surface area contributed by atoms with Gasteiger partial charge in [-0.15, -0.1) is 0 Å². The van der Waals surface area contributed by atoms with Crippen LogP contribution in [0, 0.1) is 0 Å². The molecule has 5 heteroatoms.